The highest BCUT2D eigenvalue weighted by molar-refractivity contribution is 7.90. The van der Waals surface area contributed by atoms with Gasteiger partial charge in [-0.15, -0.1) is 0 Å². The third-order valence-corrected chi connectivity index (χ3v) is 5.13. The van der Waals surface area contributed by atoms with Gasteiger partial charge in [0.25, 0.3) is 0 Å². The molecule has 1 aromatic carbocycles. The van der Waals surface area contributed by atoms with E-state index in [1.807, 2.05) is 11.0 Å². The van der Waals surface area contributed by atoms with E-state index < -0.39 is 9.84 Å². The molecule has 1 aliphatic rings. The molecule has 1 aromatic rings. The molecule has 1 heterocycles. The molecule has 0 aliphatic carbocycles. The van der Waals surface area contributed by atoms with Gasteiger partial charge in [-0.1, -0.05) is 6.07 Å². The average molecular weight is 344 g/mol. The number of piperidine rings is 1. The summed E-state index contributed by atoms with van der Waals surface area (Å²) in [6.07, 6.45) is 2.24. The van der Waals surface area contributed by atoms with Crippen molar-refractivity contribution in [2.75, 3.05) is 30.0 Å². The molecule has 0 amide bonds. The lowest BCUT2D eigenvalue weighted by atomic mass is 10.1. The molecule has 2 N–H and O–H groups in total. The Kier molecular flexibility index (Phi) is 6.00. The zero-order valence-corrected chi connectivity index (χ0v) is 14.4. The summed E-state index contributed by atoms with van der Waals surface area (Å²) in [4.78, 5) is 1.95. The summed E-state index contributed by atoms with van der Waals surface area (Å²) >= 11 is 0. The Morgan fingerprint density at radius 3 is 2.61 bits per heavy atom. The number of hydrogen-bond acceptors (Lipinski definition) is 5. The van der Waals surface area contributed by atoms with Gasteiger partial charge in [-0.2, -0.15) is 0 Å². The van der Waals surface area contributed by atoms with E-state index >= 15 is 0 Å². The number of sulfone groups is 1. The van der Waals surface area contributed by atoms with Gasteiger partial charge in [-0.25, -0.2) is 12.8 Å². The van der Waals surface area contributed by atoms with E-state index in [2.05, 4.69) is 5.32 Å². The van der Waals surface area contributed by atoms with Gasteiger partial charge in [-0.3, -0.25) is 0 Å². The lowest BCUT2D eigenvalue weighted by Gasteiger charge is -2.31. The predicted octanol–water partition coefficient (Wildman–Crippen LogP) is 1.31. The minimum absolute atomic E-state index is 0.0592. The lowest BCUT2D eigenvalue weighted by Crippen LogP contribution is -2.36. The summed E-state index contributed by atoms with van der Waals surface area (Å²) in [5, 5.41) is 12.6. The van der Waals surface area contributed by atoms with Crippen molar-refractivity contribution in [3.8, 4) is 0 Å². The van der Waals surface area contributed by atoms with E-state index in [0.717, 1.165) is 5.56 Å². The fraction of sp³-hybridized carbons (Fsp3) is 0.625. The molecule has 0 aromatic heterocycles. The molecule has 1 unspecified atom stereocenters. The molecular formula is C16H25FN2O3S. The summed E-state index contributed by atoms with van der Waals surface area (Å²) in [7, 11) is -3.03. The highest BCUT2D eigenvalue weighted by atomic mass is 32.2. The minimum Gasteiger partial charge on any atom is -0.393 e. The quantitative estimate of drug-likeness (QED) is 0.814. The van der Waals surface area contributed by atoms with E-state index in [4.69, 9.17) is 0 Å². The smallest absolute Gasteiger partial charge is 0.148 e. The second-order valence-electron chi connectivity index (χ2n) is 6.38. The molecule has 0 saturated carbocycles. The van der Waals surface area contributed by atoms with Crippen molar-refractivity contribution < 1.29 is 17.9 Å². The molecule has 1 atom stereocenters. The van der Waals surface area contributed by atoms with E-state index in [9.17, 15) is 17.9 Å². The number of aliphatic hydroxyl groups is 1. The maximum absolute atomic E-state index is 14.3. The van der Waals surface area contributed by atoms with Gasteiger partial charge in [0.15, 0.2) is 0 Å². The van der Waals surface area contributed by atoms with Crippen LogP contribution in [0.4, 0.5) is 10.1 Å². The molecular weight excluding hydrogens is 319 g/mol. The van der Waals surface area contributed by atoms with Crippen molar-refractivity contribution in [1.29, 1.82) is 0 Å². The first-order valence-electron chi connectivity index (χ1n) is 7.87. The Morgan fingerprint density at radius 2 is 2.04 bits per heavy atom. The van der Waals surface area contributed by atoms with Crippen LogP contribution in [0.1, 0.15) is 25.3 Å². The molecule has 1 saturated heterocycles. The third kappa shape index (κ3) is 5.75. The van der Waals surface area contributed by atoms with Crippen LogP contribution in [0, 0.1) is 5.82 Å². The number of rotatable bonds is 6. The molecule has 0 spiro atoms. The molecule has 1 fully saturated rings. The van der Waals surface area contributed by atoms with Gasteiger partial charge >= 0.3 is 0 Å². The van der Waals surface area contributed by atoms with Crippen LogP contribution in [0.15, 0.2) is 18.2 Å². The predicted molar refractivity (Wildman–Crippen MR) is 89.9 cm³/mol. The number of nitrogens with one attached hydrogen (secondary N) is 1. The Morgan fingerprint density at radius 1 is 1.39 bits per heavy atom. The van der Waals surface area contributed by atoms with Crippen molar-refractivity contribution in [3.63, 3.8) is 0 Å². The van der Waals surface area contributed by atoms with E-state index in [-0.39, 0.29) is 23.7 Å². The monoisotopic (exact) mass is 344 g/mol. The number of hydrogen-bond donors (Lipinski definition) is 2. The zero-order valence-electron chi connectivity index (χ0n) is 13.6. The van der Waals surface area contributed by atoms with E-state index in [1.54, 1.807) is 13.0 Å². The summed E-state index contributed by atoms with van der Waals surface area (Å²) in [6, 6.07) is 4.91. The SMILES string of the molecule is CC(CS(C)(=O)=O)NCc1ccc(N2CCC(O)CC2)c(F)c1. The first kappa shape index (κ1) is 18.2. The lowest BCUT2D eigenvalue weighted by molar-refractivity contribution is 0.145. The van der Waals surface area contributed by atoms with Gasteiger partial charge in [0, 0.05) is 31.9 Å². The van der Waals surface area contributed by atoms with Gasteiger partial charge in [0.2, 0.25) is 0 Å². The third-order valence-electron chi connectivity index (χ3n) is 4.02. The normalized spacial score (nSPS) is 18.2. The van der Waals surface area contributed by atoms with Crippen molar-refractivity contribution >= 4 is 15.5 Å². The van der Waals surface area contributed by atoms with Crippen LogP contribution in [-0.4, -0.2) is 50.8 Å². The maximum atomic E-state index is 14.3. The number of benzene rings is 1. The highest BCUT2D eigenvalue weighted by Gasteiger charge is 2.19. The molecule has 1 aliphatic heterocycles. The van der Waals surface area contributed by atoms with E-state index in [0.29, 0.717) is 38.2 Å². The minimum atomic E-state index is -3.03. The van der Waals surface area contributed by atoms with Crippen LogP contribution in [0.25, 0.3) is 0 Å². The van der Waals surface area contributed by atoms with Crippen molar-refractivity contribution in [1.82, 2.24) is 5.32 Å². The summed E-state index contributed by atoms with van der Waals surface area (Å²) in [5.41, 5.74) is 1.34. The van der Waals surface area contributed by atoms with Gasteiger partial charge in [0.1, 0.15) is 15.7 Å². The molecule has 7 heteroatoms. The molecule has 2 rings (SSSR count). The second kappa shape index (κ2) is 7.59. The van der Waals surface area contributed by atoms with Crippen LogP contribution in [-0.2, 0) is 16.4 Å². The molecule has 5 nitrogen and oxygen atoms in total. The van der Waals surface area contributed by atoms with Gasteiger partial charge in [0.05, 0.1) is 17.5 Å². The number of halogens is 1. The zero-order chi connectivity index (χ0) is 17.0. The fourth-order valence-electron chi connectivity index (χ4n) is 2.83. The largest absolute Gasteiger partial charge is 0.393 e. The summed E-state index contributed by atoms with van der Waals surface area (Å²) < 4.78 is 36.8. The van der Waals surface area contributed by atoms with Crippen molar-refractivity contribution in [3.05, 3.63) is 29.6 Å². The Balaban J connectivity index is 1.94. The topological polar surface area (TPSA) is 69.6 Å². The van der Waals surface area contributed by atoms with Crippen LogP contribution in [0.5, 0.6) is 0 Å². The first-order valence-corrected chi connectivity index (χ1v) is 9.93. The van der Waals surface area contributed by atoms with Gasteiger partial charge in [-0.05, 0) is 37.5 Å². The Bertz CT molecular complexity index is 628. The average Bonchev–Trinajstić information content (AvgIpc) is 2.45. The van der Waals surface area contributed by atoms with Crippen LogP contribution in [0.3, 0.4) is 0 Å². The van der Waals surface area contributed by atoms with Gasteiger partial charge < -0.3 is 15.3 Å². The first-order chi connectivity index (χ1) is 10.7. The Labute approximate surface area is 137 Å². The van der Waals surface area contributed by atoms with Crippen LogP contribution in [0.2, 0.25) is 0 Å². The number of nitrogens with zero attached hydrogens (tertiary/aromatic N) is 1. The van der Waals surface area contributed by atoms with Crippen LogP contribution < -0.4 is 10.2 Å². The fourth-order valence-corrected chi connectivity index (χ4v) is 3.85. The number of aliphatic hydroxyl groups excluding tert-OH is 1. The van der Waals surface area contributed by atoms with Crippen LogP contribution >= 0.6 is 0 Å². The highest BCUT2D eigenvalue weighted by Crippen LogP contribution is 2.24. The van der Waals surface area contributed by atoms with E-state index in [1.165, 1.54) is 12.3 Å². The van der Waals surface area contributed by atoms with Crippen molar-refractivity contribution in [2.45, 2.75) is 38.5 Å². The molecule has 130 valence electrons. The molecule has 23 heavy (non-hydrogen) atoms. The maximum Gasteiger partial charge on any atom is 0.148 e. The number of anilines is 1. The van der Waals surface area contributed by atoms with Crippen molar-refractivity contribution in [2.24, 2.45) is 0 Å². The second-order valence-corrected chi connectivity index (χ2v) is 8.56. The summed E-state index contributed by atoms with van der Waals surface area (Å²) in [5.74, 6) is -0.222. The standard InChI is InChI=1S/C16H25FN2O3S/c1-12(11-23(2,21)22)18-10-13-3-4-16(15(17)9-13)19-7-5-14(20)6-8-19/h3-4,9,12,14,18,20H,5-8,10-11H2,1-2H3. The summed E-state index contributed by atoms with van der Waals surface area (Å²) in [6.45, 7) is 3.53. The molecule has 0 radical (unpaired) electrons. The Hall–Kier alpha value is -1.18. The molecule has 0 bridgehead atoms.